The summed E-state index contributed by atoms with van der Waals surface area (Å²) < 4.78 is 4.90. The Morgan fingerprint density at radius 1 is 1.30 bits per heavy atom. The number of likely N-dealkylation sites (tertiary alicyclic amines) is 2. The molecule has 2 aliphatic rings. The molecule has 0 unspecified atom stereocenters. The smallest absolute Gasteiger partial charge is 0.248 e. The van der Waals surface area contributed by atoms with Gasteiger partial charge in [-0.15, -0.1) is 0 Å². The molecule has 0 radical (unpaired) electrons. The fourth-order valence-corrected chi connectivity index (χ4v) is 3.37. The minimum Gasteiger partial charge on any atom is -0.375 e. The van der Waals surface area contributed by atoms with E-state index in [0.29, 0.717) is 12.5 Å². The zero-order valence-corrected chi connectivity index (χ0v) is 13.5. The number of piperidine rings is 1. The molecule has 3 heterocycles. The Morgan fingerprint density at radius 3 is 2.83 bits per heavy atom. The molecule has 0 aromatic carbocycles. The Morgan fingerprint density at radius 2 is 2.13 bits per heavy atom. The van der Waals surface area contributed by atoms with E-state index in [1.165, 1.54) is 12.7 Å². The Labute approximate surface area is 136 Å². The zero-order valence-electron chi connectivity index (χ0n) is 13.5. The van der Waals surface area contributed by atoms with E-state index in [-0.39, 0.29) is 24.3 Å². The van der Waals surface area contributed by atoms with Crippen molar-refractivity contribution in [1.29, 1.82) is 0 Å². The van der Waals surface area contributed by atoms with Crippen LogP contribution in [0.4, 0.5) is 0 Å². The molecule has 1 aromatic rings. The summed E-state index contributed by atoms with van der Waals surface area (Å²) in [5.41, 5.74) is 1.19. The molecule has 6 nitrogen and oxygen atoms in total. The summed E-state index contributed by atoms with van der Waals surface area (Å²) in [6.07, 6.45) is 5.38. The molecule has 23 heavy (non-hydrogen) atoms. The third kappa shape index (κ3) is 3.52. The Balaban J connectivity index is 1.52. The molecule has 124 valence electrons. The van der Waals surface area contributed by atoms with Crippen molar-refractivity contribution in [2.75, 3.05) is 39.9 Å². The van der Waals surface area contributed by atoms with Gasteiger partial charge in [-0.05, 0) is 24.5 Å². The summed E-state index contributed by atoms with van der Waals surface area (Å²) in [6, 6.07) is 3.99. The second kappa shape index (κ2) is 7.08. The molecule has 0 N–H and O–H groups in total. The van der Waals surface area contributed by atoms with E-state index >= 15 is 0 Å². The molecule has 2 fully saturated rings. The largest absolute Gasteiger partial charge is 0.375 e. The SMILES string of the molecule is COCC(=O)N1CCC[C@H](C(=O)N2CC(c3cccnc3)C2)C1. The van der Waals surface area contributed by atoms with E-state index in [2.05, 4.69) is 11.1 Å². The van der Waals surface area contributed by atoms with Gasteiger partial charge in [-0.2, -0.15) is 0 Å². The second-order valence-electron chi connectivity index (χ2n) is 6.34. The second-order valence-corrected chi connectivity index (χ2v) is 6.34. The molecule has 0 spiro atoms. The molecule has 2 saturated heterocycles. The first kappa shape index (κ1) is 15.9. The summed E-state index contributed by atoms with van der Waals surface area (Å²) in [7, 11) is 1.52. The van der Waals surface area contributed by atoms with Gasteiger partial charge < -0.3 is 14.5 Å². The molecule has 2 amide bonds. The van der Waals surface area contributed by atoms with Crippen molar-refractivity contribution in [1.82, 2.24) is 14.8 Å². The van der Waals surface area contributed by atoms with Gasteiger partial charge in [0.1, 0.15) is 6.61 Å². The average molecular weight is 317 g/mol. The maximum atomic E-state index is 12.6. The fourth-order valence-electron chi connectivity index (χ4n) is 3.37. The number of aromatic nitrogens is 1. The highest BCUT2D eigenvalue weighted by atomic mass is 16.5. The van der Waals surface area contributed by atoms with Gasteiger partial charge in [0, 0.05) is 51.6 Å². The quantitative estimate of drug-likeness (QED) is 0.827. The molecule has 1 atom stereocenters. The van der Waals surface area contributed by atoms with Crippen LogP contribution in [-0.4, -0.2) is 66.5 Å². The van der Waals surface area contributed by atoms with Crippen molar-refractivity contribution < 1.29 is 14.3 Å². The van der Waals surface area contributed by atoms with Crippen LogP contribution in [0.3, 0.4) is 0 Å². The normalized spacial score (nSPS) is 21.9. The lowest BCUT2D eigenvalue weighted by atomic mass is 9.89. The summed E-state index contributed by atoms with van der Waals surface area (Å²) in [6.45, 7) is 2.85. The van der Waals surface area contributed by atoms with Crippen molar-refractivity contribution in [2.45, 2.75) is 18.8 Å². The van der Waals surface area contributed by atoms with Crippen molar-refractivity contribution in [3.05, 3.63) is 30.1 Å². The average Bonchev–Trinajstić information content (AvgIpc) is 2.55. The standard InChI is InChI=1S/C17H23N3O3/c1-23-12-16(21)19-7-3-5-14(9-19)17(22)20-10-15(11-20)13-4-2-6-18-8-13/h2,4,6,8,14-15H,3,5,7,9-12H2,1H3/t14-/m0/s1. The lowest BCUT2D eigenvalue weighted by Crippen LogP contribution is -2.54. The van der Waals surface area contributed by atoms with E-state index in [4.69, 9.17) is 4.74 Å². The van der Waals surface area contributed by atoms with E-state index in [1.807, 2.05) is 17.2 Å². The lowest BCUT2D eigenvalue weighted by molar-refractivity contribution is -0.145. The molecule has 1 aromatic heterocycles. The predicted octanol–water partition coefficient (Wildman–Crippen LogP) is 0.892. The first-order chi connectivity index (χ1) is 11.2. The van der Waals surface area contributed by atoms with Crippen LogP contribution in [0, 0.1) is 5.92 Å². The van der Waals surface area contributed by atoms with Crippen molar-refractivity contribution in [3.63, 3.8) is 0 Å². The van der Waals surface area contributed by atoms with E-state index < -0.39 is 0 Å². The van der Waals surface area contributed by atoms with Crippen LogP contribution in [-0.2, 0) is 14.3 Å². The van der Waals surface area contributed by atoms with Gasteiger partial charge in [0.2, 0.25) is 11.8 Å². The van der Waals surface area contributed by atoms with E-state index in [0.717, 1.165) is 32.5 Å². The highest BCUT2D eigenvalue weighted by Crippen LogP contribution is 2.29. The highest BCUT2D eigenvalue weighted by molar-refractivity contribution is 5.82. The van der Waals surface area contributed by atoms with Gasteiger partial charge in [-0.1, -0.05) is 6.07 Å². The van der Waals surface area contributed by atoms with E-state index in [1.54, 1.807) is 11.1 Å². The number of nitrogens with zero attached hydrogens (tertiary/aromatic N) is 3. The number of hydrogen-bond donors (Lipinski definition) is 0. The van der Waals surface area contributed by atoms with Crippen LogP contribution in [0.2, 0.25) is 0 Å². The third-order valence-corrected chi connectivity index (χ3v) is 4.74. The number of carbonyl (C=O) groups excluding carboxylic acids is 2. The van der Waals surface area contributed by atoms with Crippen LogP contribution in [0.5, 0.6) is 0 Å². The van der Waals surface area contributed by atoms with Crippen LogP contribution in [0.25, 0.3) is 0 Å². The van der Waals surface area contributed by atoms with Crippen molar-refractivity contribution >= 4 is 11.8 Å². The maximum Gasteiger partial charge on any atom is 0.248 e. The Bertz CT molecular complexity index is 557. The first-order valence-corrected chi connectivity index (χ1v) is 8.14. The van der Waals surface area contributed by atoms with Gasteiger partial charge in [-0.3, -0.25) is 14.6 Å². The Hall–Kier alpha value is -1.95. The number of methoxy groups -OCH3 is 1. The summed E-state index contributed by atoms with van der Waals surface area (Å²) in [4.78, 5) is 32.4. The topological polar surface area (TPSA) is 62.7 Å². The molecule has 2 aliphatic heterocycles. The van der Waals surface area contributed by atoms with E-state index in [9.17, 15) is 9.59 Å². The number of amides is 2. The molecule has 3 rings (SSSR count). The molecule has 0 bridgehead atoms. The summed E-state index contributed by atoms with van der Waals surface area (Å²) >= 11 is 0. The molecule has 6 heteroatoms. The first-order valence-electron chi connectivity index (χ1n) is 8.14. The van der Waals surface area contributed by atoms with Gasteiger partial charge >= 0.3 is 0 Å². The van der Waals surface area contributed by atoms with Crippen molar-refractivity contribution in [2.24, 2.45) is 5.92 Å². The number of carbonyl (C=O) groups is 2. The van der Waals surface area contributed by atoms with Crippen molar-refractivity contribution in [3.8, 4) is 0 Å². The Kier molecular flexibility index (Phi) is 4.91. The number of rotatable bonds is 4. The lowest BCUT2D eigenvalue weighted by Gasteiger charge is -2.43. The summed E-state index contributed by atoms with van der Waals surface area (Å²) in [5, 5.41) is 0. The fraction of sp³-hybridized carbons (Fsp3) is 0.588. The number of hydrogen-bond acceptors (Lipinski definition) is 4. The third-order valence-electron chi connectivity index (χ3n) is 4.74. The van der Waals surface area contributed by atoms with Crippen LogP contribution < -0.4 is 0 Å². The van der Waals surface area contributed by atoms with Crippen LogP contribution in [0.1, 0.15) is 24.3 Å². The highest BCUT2D eigenvalue weighted by Gasteiger charge is 2.37. The van der Waals surface area contributed by atoms with Gasteiger partial charge in [0.05, 0.1) is 5.92 Å². The molecule has 0 aliphatic carbocycles. The predicted molar refractivity (Wildman–Crippen MR) is 84.7 cm³/mol. The minimum absolute atomic E-state index is 0.0261. The van der Waals surface area contributed by atoms with Crippen LogP contribution in [0.15, 0.2) is 24.5 Å². The molecule has 0 saturated carbocycles. The number of ether oxygens (including phenoxy) is 1. The van der Waals surface area contributed by atoms with Gasteiger partial charge in [0.25, 0.3) is 0 Å². The van der Waals surface area contributed by atoms with Gasteiger partial charge in [0.15, 0.2) is 0 Å². The van der Waals surface area contributed by atoms with Gasteiger partial charge in [-0.25, -0.2) is 0 Å². The number of pyridine rings is 1. The monoisotopic (exact) mass is 317 g/mol. The summed E-state index contributed by atoms with van der Waals surface area (Å²) in [5.74, 6) is 0.476. The zero-order chi connectivity index (χ0) is 16.2. The molecular formula is C17H23N3O3. The minimum atomic E-state index is -0.0700. The van der Waals surface area contributed by atoms with Crippen LogP contribution >= 0.6 is 0 Å². The maximum absolute atomic E-state index is 12.6. The molecular weight excluding hydrogens is 294 g/mol.